The molecule has 1 aromatic heterocycles. The van der Waals surface area contributed by atoms with E-state index in [-0.39, 0.29) is 29.5 Å². The van der Waals surface area contributed by atoms with Crippen molar-refractivity contribution in [3.05, 3.63) is 52.4 Å². The van der Waals surface area contributed by atoms with Crippen LogP contribution in [0.1, 0.15) is 24.1 Å². The van der Waals surface area contributed by atoms with Crippen molar-refractivity contribution >= 4 is 34.9 Å². The van der Waals surface area contributed by atoms with E-state index in [0.29, 0.717) is 18.7 Å². The first-order chi connectivity index (χ1) is 15.9. The van der Waals surface area contributed by atoms with Gasteiger partial charge < -0.3 is 9.80 Å². The van der Waals surface area contributed by atoms with Crippen molar-refractivity contribution in [1.29, 1.82) is 0 Å². The van der Waals surface area contributed by atoms with Crippen LogP contribution in [0.15, 0.2) is 30.3 Å². The molecule has 1 saturated heterocycles. The number of hydrogen-bond acceptors (Lipinski definition) is 5. The molecule has 0 bridgehead atoms. The third-order valence-corrected chi connectivity index (χ3v) is 5.49. The fourth-order valence-electron chi connectivity index (χ4n) is 3.62. The first-order valence-electron chi connectivity index (χ1n) is 10.4. The molecular weight excluding hydrogens is 478 g/mol. The van der Waals surface area contributed by atoms with Crippen LogP contribution in [-0.2, 0) is 15.8 Å². The van der Waals surface area contributed by atoms with Gasteiger partial charge in [-0.15, -0.1) is 0 Å². The highest BCUT2D eigenvalue weighted by Gasteiger charge is 2.41. The Balaban J connectivity index is 1.97. The van der Waals surface area contributed by atoms with Crippen molar-refractivity contribution in [1.82, 2.24) is 15.3 Å². The van der Waals surface area contributed by atoms with Crippen molar-refractivity contribution in [2.45, 2.75) is 32.0 Å². The average molecular weight is 502 g/mol. The topological polar surface area (TPSA) is 68.8 Å². The number of carbonyl (C=O) groups is 2. The molecule has 184 valence electrons. The third-order valence-electron chi connectivity index (χ3n) is 5.20. The third kappa shape index (κ3) is 5.95. The van der Waals surface area contributed by atoms with Crippen LogP contribution in [0.2, 0.25) is 5.02 Å². The lowest BCUT2D eigenvalue weighted by Crippen LogP contribution is -2.50. The average Bonchev–Trinajstić information content (AvgIpc) is 3.13. The minimum absolute atomic E-state index is 0.0744. The lowest BCUT2D eigenvalue weighted by Gasteiger charge is -2.30. The number of pyridine rings is 1. The molecule has 1 N–H and O–H groups in total. The van der Waals surface area contributed by atoms with Crippen LogP contribution in [0, 0.1) is 12.7 Å². The van der Waals surface area contributed by atoms with Gasteiger partial charge in [0.25, 0.3) is 5.91 Å². The summed E-state index contributed by atoms with van der Waals surface area (Å²) in [7, 11) is 3.73. The fraction of sp³-hybridized carbons (Fsp3) is 0.409. The highest BCUT2D eigenvalue weighted by molar-refractivity contribution is 6.31. The van der Waals surface area contributed by atoms with E-state index in [2.05, 4.69) is 10.4 Å². The van der Waals surface area contributed by atoms with Gasteiger partial charge in [0, 0.05) is 17.9 Å². The molecule has 1 unspecified atom stereocenters. The van der Waals surface area contributed by atoms with E-state index in [4.69, 9.17) is 11.6 Å². The molecule has 7 nitrogen and oxygen atoms in total. The van der Waals surface area contributed by atoms with Gasteiger partial charge in [-0.25, -0.2) is 9.37 Å². The highest BCUT2D eigenvalue weighted by atomic mass is 35.5. The second kappa shape index (κ2) is 10.1. The monoisotopic (exact) mass is 501 g/mol. The van der Waals surface area contributed by atoms with E-state index < -0.39 is 35.4 Å². The number of carbonyl (C=O) groups excluding carboxylic acids is 2. The molecular formula is C22H24ClF4N5O2. The number of hydrogen-bond donors (Lipinski definition) is 1. The normalized spacial score (nSPS) is 16.2. The zero-order valence-corrected chi connectivity index (χ0v) is 19.5. The van der Waals surface area contributed by atoms with Crippen molar-refractivity contribution < 1.29 is 27.2 Å². The molecule has 0 saturated carbocycles. The number of aromatic nitrogens is 1. The largest absolute Gasteiger partial charge is 0.416 e. The first-order valence-corrected chi connectivity index (χ1v) is 10.8. The molecule has 34 heavy (non-hydrogen) atoms. The Bertz CT molecular complexity index is 1080. The van der Waals surface area contributed by atoms with E-state index in [9.17, 15) is 27.2 Å². The number of aryl methyl sites for hydroxylation is 1. The molecule has 2 heterocycles. The van der Waals surface area contributed by atoms with Gasteiger partial charge >= 0.3 is 6.18 Å². The molecule has 1 aliphatic heterocycles. The van der Waals surface area contributed by atoms with E-state index in [1.54, 1.807) is 0 Å². The van der Waals surface area contributed by atoms with Crippen LogP contribution in [0.5, 0.6) is 0 Å². The SMILES string of the molecule is Cc1cc(C(F)(F)F)cc(N2NC(=O)CC2C(=O)N(CCCN(C)C)c2ccc(F)c(Cl)c2)n1. The van der Waals surface area contributed by atoms with E-state index in [1.807, 2.05) is 19.0 Å². The molecule has 1 atom stereocenters. The highest BCUT2D eigenvalue weighted by Crippen LogP contribution is 2.33. The van der Waals surface area contributed by atoms with Gasteiger partial charge in [-0.05, 0) is 64.3 Å². The summed E-state index contributed by atoms with van der Waals surface area (Å²) >= 11 is 5.92. The molecule has 3 rings (SSSR count). The lowest BCUT2D eigenvalue weighted by atomic mass is 10.1. The predicted octanol–water partition coefficient (Wildman–Crippen LogP) is 3.80. The fourth-order valence-corrected chi connectivity index (χ4v) is 3.80. The molecule has 12 heteroatoms. The zero-order chi connectivity index (χ0) is 25.2. The Hall–Kier alpha value is -2.92. The van der Waals surface area contributed by atoms with Gasteiger partial charge in [0.1, 0.15) is 17.7 Å². The van der Waals surface area contributed by atoms with Crippen molar-refractivity contribution in [2.24, 2.45) is 0 Å². The van der Waals surface area contributed by atoms with Crippen LogP contribution < -0.4 is 15.3 Å². The van der Waals surface area contributed by atoms with Crippen LogP contribution >= 0.6 is 11.6 Å². The molecule has 1 aromatic carbocycles. The van der Waals surface area contributed by atoms with Crippen molar-refractivity contribution in [3.63, 3.8) is 0 Å². The molecule has 0 radical (unpaired) electrons. The molecule has 1 aliphatic rings. The van der Waals surface area contributed by atoms with Crippen LogP contribution in [0.3, 0.4) is 0 Å². The van der Waals surface area contributed by atoms with Crippen LogP contribution in [-0.4, -0.2) is 54.9 Å². The summed E-state index contributed by atoms with van der Waals surface area (Å²) in [5.74, 6) is -1.96. The van der Waals surface area contributed by atoms with Gasteiger partial charge in [-0.1, -0.05) is 11.6 Å². The van der Waals surface area contributed by atoms with Gasteiger partial charge in [0.2, 0.25) is 5.91 Å². The number of alkyl halides is 3. The number of benzene rings is 1. The summed E-state index contributed by atoms with van der Waals surface area (Å²) in [6, 6.07) is 4.31. The van der Waals surface area contributed by atoms with Crippen LogP contribution in [0.25, 0.3) is 0 Å². The number of hydrazine groups is 1. The van der Waals surface area contributed by atoms with Crippen LogP contribution in [0.4, 0.5) is 29.1 Å². The number of halogens is 5. The predicted molar refractivity (Wildman–Crippen MR) is 120 cm³/mol. The lowest BCUT2D eigenvalue weighted by molar-refractivity contribution is -0.137. The quantitative estimate of drug-likeness (QED) is 0.585. The standard InChI is InChI=1S/C22H24ClF4N5O2/c1-13-9-14(22(25,26)27)10-19(28-13)32-18(12-20(33)29-32)21(34)31(8-4-7-30(2)3)15-5-6-17(24)16(23)11-15/h5-6,9-11,18H,4,7-8,12H2,1-3H3,(H,29,33). The molecule has 2 amide bonds. The maximum atomic E-state index is 13.7. The van der Waals surface area contributed by atoms with Gasteiger partial charge in [0.05, 0.1) is 17.0 Å². The number of nitrogens with one attached hydrogen (secondary N) is 1. The number of rotatable bonds is 7. The van der Waals surface area contributed by atoms with Crippen molar-refractivity contribution in [3.8, 4) is 0 Å². The Labute approximate surface area is 199 Å². The Morgan fingerprint density at radius 2 is 1.94 bits per heavy atom. The molecule has 1 fully saturated rings. The zero-order valence-electron chi connectivity index (χ0n) is 18.8. The summed E-state index contributed by atoms with van der Waals surface area (Å²) < 4.78 is 53.7. The Morgan fingerprint density at radius 3 is 2.56 bits per heavy atom. The number of nitrogens with zero attached hydrogens (tertiary/aromatic N) is 4. The van der Waals surface area contributed by atoms with E-state index >= 15 is 0 Å². The molecule has 2 aromatic rings. The van der Waals surface area contributed by atoms with Crippen molar-refractivity contribution in [2.75, 3.05) is 37.1 Å². The van der Waals surface area contributed by atoms with E-state index in [1.165, 1.54) is 24.0 Å². The number of anilines is 2. The first kappa shape index (κ1) is 25.7. The second-order valence-electron chi connectivity index (χ2n) is 8.22. The summed E-state index contributed by atoms with van der Waals surface area (Å²) in [6.45, 7) is 2.24. The second-order valence-corrected chi connectivity index (χ2v) is 8.63. The Kier molecular flexibility index (Phi) is 7.67. The smallest absolute Gasteiger partial charge is 0.310 e. The summed E-state index contributed by atoms with van der Waals surface area (Å²) in [5, 5.41) is 0.868. The summed E-state index contributed by atoms with van der Waals surface area (Å²) in [6.07, 6.45) is -4.37. The minimum Gasteiger partial charge on any atom is -0.310 e. The number of amides is 2. The minimum atomic E-state index is -4.63. The summed E-state index contributed by atoms with van der Waals surface area (Å²) in [4.78, 5) is 33.2. The molecule has 0 aliphatic carbocycles. The van der Waals surface area contributed by atoms with E-state index in [0.717, 1.165) is 23.2 Å². The van der Waals surface area contributed by atoms with Gasteiger partial charge in [0.15, 0.2) is 0 Å². The Morgan fingerprint density at radius 1 is 1.24 bits per heavy atom. The maximum absolute atomic E-state index is 13.7. The molecule has 0 spiro atoms. The van der Waals surface area contributed by atoms with Gasteiger partial charge in [-0.3, -0.25) is 20.0 Å². The summed E-state index contributed by atoms with van der Waals surface area (Å²) in [5.41, 5.74) is 1.86. The van der Waals surface area contributed by atoms with Gasteiger partial charge in [-0.2, -0.15) is 13.2 Å². The maximum Gasteiger partial charge on any atom is 0.416 e.